The van der Waals surface area contributed by atoms with Gasteiger partial charge in [-0.05, 0) is 119 Å². The molecule has 4 aliphatic carbocycles. The van der Waals surface area contributed by atoms with E-state index in [0.717, 1.165) is 32.1 Å². The van der Waals surface area contributed by atoms with Crippen molar-refractivity contribution in [1.29, 1.82) is 0 Å². The van der Waals surface area contributed by atoms with Gasteiger partial charge in [-0.25, -0.2) is 0 Å². The summed E-state index contributed by atoms with van der Waals surface area (Å²) in [4.78, 5) is 0. The van der Waals surface area contributed by atoms with Gasteiger partial charge in [0.05, 0.1) is 36.6 Å². The van der Waals surface area contributed by atoms with Crippen LogP contribution < -0.4 is 0 Å². The van der Waals surface area contributed by atoms with E-state index < -0.39 is 85.8 Å². The maximum Gasteiger partial charge on any atom is 0.187 e. The van der Waals surface area contributed by atoms with Crippen LogP contribution in [0, 0.1) is 40.4 Å². The molecule has 0 aromatic carbocycles. The van der Waals surface area contributed by atoms with Crippen molar-refractivity contribution in [3.05, 3.63) is 11.6 Å². The number of aliphatic hydroxyl groups is 9. The van der Waals surface area contributed by atoms with E-state index in [4.69, 9.17) is 18.9 Å². The van der Waals surface area contributed by atoms with E-state index in [9.17, 15) is 46.0 Å². The molecule has 0 amide bonds. The summed E-state index contributed by atoms with van der Waals surface area (Å²) in [6, 6.07) is 0. The summed E-state index contributed by atoms with van der Waals surface area (Å²) in [5, 5.41) is 95.8. The van der Waals surface area contributed by atoms with Crippen molar-refractivity contribution in [3.63, 3.8) is 0 Å². The monoisotopic (exact) mass is 742 g/mol. The highest BCUT2D eigenvalue weighted by Crippen LogP contribution is 2.67. The van der Waals surface area contributed by atoms with Crippen molar-refractivity contribution in [2.24, 2.45) is 40.4 Å². The summed E-state index contributed by atoms with van der Waals surface area (Å²) < 4.78 is 24.0. The molecule has 13 heteroatoms. The minimum atomic E-state index is -1.64. The van der Waals surface area contributed by atoms with Gasteiger partial charge in [0.1, 0.15) is 42.7 Å². The summed E-state index contributed by atoms with van der Waals surface area (Å²) in [7, 11) is 0. The van der Waals surface area contributed by atoms with Crippen molar-refractivity contribution in [2.45, 2.75) is 185 Å². The van der Waals surface area contributed by atoms with Crippen LogP contribution in [-0.4, -0.2) is 138 Å². The van der Waals surface area contributed by atoms with Crippen LogP contribution in [0.25, 0.3) is 0 Å². The molecule has 0 bridgehead atoms. The standard InChI is InChI=1S/C39H66O13/c1-18(25(41)11-12-37(3,4)48)28-26(42)16-24-22-8-7-20-15-21(9-13-38(20,5)23(22)10-14-39(24,28)6)50-36-34(32(46)30(44)27(17-40)51-36)52-35-33(47)31(45)29(43)19(2)49-35/h7,18-19,21-36,40-48H,8-17H2,1-6H3/t18-,19+,21+,22-,23+,24+,25+,26+,27-,28+,29+,30-,31-,32+,33-,34-,35+,36-,38+,39+/m1/s1. The van der Waals surface area contributed by atoms with Crippen LogP contribution in [0.1, 0.15) is 99.3 Å². The first-order chi connectivity index (χ1) is 24.3. The summed E-state index contributed by atoms with van der Waals surface area (Å²) >= 11 is 0. The van der Waals surface area contributed by atoms with Gasteiger partial charge in [-0.1, -0.05) is 32.4 Å². The highest BCUT2D eigenvalue weighted by atomic mass is 16.8. The van der Waals surface area contributed by atoms with Gasteiger partial charge in [-0.15, -0.1) is 0 Å². The predicted molar refractivity (Wildman–Crippen MR) is 187 cm³/mol. The Balaban J connectivity index is 1.15. The third-order valence-corrected chi connectivity index (χ3v) is 14.6. The van der Waals surface area contributed by atoms with Gasteiger partial charge in [0.25, 0.3) is 0 Å². The average Bonchev–Trinajstić information content (AvgIpc) is 3.37. The molecular weight excluding hydrogens is 676 g/mol. The summed E-state index contributed by atoms with van der Waals surface area (Å²) in [5.74, 6) is 1.06. The van der Waals surface area contributed by atoms with Crippen LogP contribution in [0.15, 0.2) is 11.6 Å². The van der Waals surface area contributed by atoms with Crippen molar-refractivity contribution < 1.29 is 64.9 Å². The predicted octanol–water partition coefficient (Wildman–Crippen LogP) is 1.12. The molecule has 0 spiro atoms. The van der Waals surface area contributed by atoms with E-state index in [2.05, 4.69) is 26.8 Å². The number of aliphatic hydroxyl groups excluding tert-OH is 8. The van der Waals surface area contributed by atoms with Crippen molar-refractivity contribution in [3.8, 4) is 0 Å². The van der Waals surface area contributed by atoms with Gasteiger partial charge in [0.15, 0.2) is 12.6 Å². The second-order valence-corrected chi connectivity index (χ2v) is 18.4. The Kier molecular flexibility index (Phi) is 12.0. The average molecular weight is 743 g/mol. The summed E-state index contributed by atoms with van der Waals surface area (Å²) in [6.07, 6.45) is -5.92. The molecule has 13 nitrogen and oxygen atoms in total. The first-order valence-corrected chi connectivity index (χ1v) is 19.7. The fraction of sp³-hybridized carbons (Fsp3) is 0.949. The summed E-state index contributed by atoms with van der Waals surface area (Å²) in [5.41, 5.74) is 0.299. The maximum absolute atomic E-state index is 11.5. The zero-order valence-electron chi connectivity index (χ0n) is 31.7. The summed E-state index contributed by atoms with van der Waals surface area (Å²) in [6.45, 7) is 11.2. The first-order valence-electron chi connectivity index (χ1n) is 19.7. The molecule has 3 saturated carbocycles. The van der Waals surface area contributed by atoms with Gasteiger partial charge < -0.3 is 64.9 Å². The Morgan fingerprint density at radius 2 is 1.62 bits per heavy atom. The molecule has 9 N–H and O–H groups in total. The van der Waals surface area contributed by atoms with Gasteiger partial charge in [-0.2, -0.15) is 0 Å². The van der Waals surface area contributed by atoms with Gasteiger partial charge in [0.2, 0.25) is 0 Å². The van der Waals surface area contributed by atoms with E-state index >= 15 is 0 Å². The molecule has 0 aromatic heterocycles. The third kappa shape index (κ3) is 7.42. The molecule has 0 aromatic rings. The first kappa shape index (κ1) is 40.9. The van der Waals surface area contributed by atoms with E-state index in [1.54, 1.807) is 13.8 Å². The number of ether oxygens (including phenoxy) is 4. The topological polar surface area (TPSA) is 219 Å². The van der Waals surface area contributed by atoms with E-state index in [-0.39, 0.29) is 28.8 Å². The molecule has 2 heterocycles. The molecule has 300 valence electrons. The molecule has 5 fully saturated rings. The quantitative estimate of drug-likeness (QED) is 0.144. The lowest BCUT2D eigenvalue weighted by Gasteiger charge is -2.58. The Morgan fingerprint density at radius 1 is 0.904 bits per heavy atom. The Morgan fingerprint density at radius 3 is 2.29 bits per heavy atom. The second kappa shape index (κ2) is 15.3. The van der Waals surface area contributed by atoms with Crippen LogP contribution in [0.4, 0.5) is 0 Å². The Labute approximate surface area is 307 Å². The molecule has 0 unspecified atom stereocenters. The van der Waals surface area contributed by atoms with Gasteiger partial charge >= 0.3 is 0 Å². The SMILES string of the molecule is C[C@@H]([C@H]1[C@@H](O)C[C@H]2[C@@H]3CC=C4C[C@@H](O[C@@H]5O[C@H](CO)[C@@H](O)[C@H](O)[C@H]5O[C@@H]5O[C@@H](C)[C@H](O)[C@@H](O)[C@H]5O)CC[C@]4(C)[C@H]3CC[C@]12C)[C@@H](O)CCC(C)(C)O. The normalized spacial score (nSPS) is 50.8. The Bertz CT molecular complexity index is 1260. The lowest BCUT2D eigenvalue weighted by molar-refractivity contribution is -0.369. The maximum atomic E-state index is 11.5. The third-order valence-electron chi connectivity index (χ3n) is 14.6. The van der Waals surface area contributed by atoms with E-state index in [1.807, 2.05) is 0 Å². The highest BCUT2D eigenvalue weighted by molar-refractivity contribution is 5.26. The van der Waals surface area contributed by atoms with Crippen LogP contribution in [0.5, 0.6) is 0 Å². The number of rotatable bonds is 10. The van der Waals surface area contributed by atoms with Gasteiger partial charge in [-0.3, -0.25) is 0 Å². The Hall–Kier alpha value is -0.780. The van der Waals surface area contributed by atoms with Crippen molar-refractivity contribution >= 4 is 0 Å². The molecule has 2 aliphatic heterocycles. The molecule has 6 aliphatic rings. The van der Waals surface area contributed by atoms with E-state index in [1.165, 1.54) is 12.5 Å². The second-order valence-electron chi connectivity index (χ2n) is 18.4. The van der Waals surface area contributed by atoms with E-state index in [0.29, 0.717) is 43.4 Å². The number of hydrogen-bond donors (Lipinski definition) is 9. The van der Waals surface area contributed by atoms with Crippen LogP contribution in [0.2, 0.25) is 0 Å². The van der Waals surface area contributed by atoms with Crippen LogP contribution in [-0.2, 0) is 18.9 Å². The van der Waals surface area contributed by atoms with Crippen LogP contribution >= 0.6 is 0 Å². The molecule has 6 rings (SSSR count). The fourth-order valence-electron chi connectivity index (χ4n) is 11.5. The molecule has 0 radical (unpaired) electrons. The lowest BCUT2D eigenvalue weighted by atomic mass is 9.47. The molecule has 2 saturated heterocycles. The molecular formula is C39H66O13. The molecule has 52 heavy (non-hydrogen) atoms. The van der Waals surface area contributed by atoms with Crippen molar-refractivity contribution in [2.75, 3.05) is 6.61 Å². The minimum Gasteiger partial charge on any atom is -0.394 e. The fourth-order valence-corrected chi connectivity index (χ4v) is 11.5. The van der Waals surface area contributed by atoms with Gasteiger partial charge in [0, 0.05) is 0 Å². The number of hydrogen-bond acceptors (Lipinski definition) is 13. The van der Waals surface area contributed by atoms with Crippen LogP contribution in [0.3, 0.4) is 0 Å². The largest absolute Gasteiger partial charge is 0.394 e. The number of fused-ring (bicyclic) bond motifs is 5. The minimum absolute atomic E-state index is 0.0171. The number of allylic oxidation sites excluding steroid dienone is 1. The molecule has 20 atom stereocenters. The zero-order valence-corrected chi connectivity index (χ0v) is 31.7. The highest BCUT2D eigenvalue weighted by Gasteiger charge is 2.62. The smallest absolute Gasteiger partial charge is 0.187 e. The zero-order chi connectivity index (χ0) is 38.1. The van der Waals surface area contributed by atoms with Crippen molar-refractivity contribution in [1.82, 2.24) is 0 Å². The lowest BCUT2D eigenvalue weighted by Crippen LogP contribution is -2.64.